The maximum Gasteiger partial charge on any atom is 0.356 e. The quantitative estimate of drug-likeness (QED) is 0.462. The summed E-state index contributed by atoms with van der Waals surface area (Å²) in [5.41, 5.74) is 0.719. The number of pyridine rings is 1. The van der Waals surface area contributed by atoms with Gasteiger partial charge in [-0.3, -0.25) is 0 Å². The molecule has 0 bridgehead atoms. The van der Waals surface area contributed by atoms with Crippen molar-refractivity contribution in [1.29, 1.82) is 0 Å². The molecule has 0 radical (unpaired) electrons. The summed E-state index contributed by atoms with van der Waals surface area (Å²) >= 11 is 5.90. The number of hydrogen-bond donors (Lipinski definition) is 0. The fourth-order valence-electron chi connectivity index (χ4n) is 1.11. The van der Waals surface area contributed by atoms with E-state index in [9.17, 15) is 4.79 Å². The largest absolute Gasteiger partial charge is 0.494 e. The average Bonchev–Trinajstić information content (AvgIpc) is 2.28. The lowest BCUT2D eigenvalue weighted by Crippen LogP contribution is -2.05. The zero-order valence-electron chi connectivity index (χ0n) is 9.12. The molecule has 4 nitrogen and oxygen atoms in total. The molecule has 0 unspecified atom stereocenters. The van der Waals surface area contributed by atoms with Gasteiger partial charge in [0, 0.05) is 0 Å². The summed E-state index contributed by atoms with van der Waals surface area (Å²) in [5.74, 6) is -0.105. The Morgan fingerprint density at radius 3 is 2.75 bits per heavy atom. The molecule has 1 rings (SSSR count). The second-order valence-electron chi connectivity index (χ2n) is 2.88. The van der Waals surface area contributed by atoms with Gasteiger partial charge in [-0.1, -0.05) is 18.2 Å². The van der Waals surface area contributed by atoms with Crippen molar-refractivity contribution < 1.29 is 14.3 Å². The van der Waals surface area contributed by atoms with Gasteiger partial charge in [-0.2, -0.15) is 0 Å². The Bertz CT molecular complexity index is 418. The fraction of sp³-hybridized carbons (Fsp3) is 0.273. The molecule has 0 aliphatic rings. The van der Waals surface area contributed by atoms with Crippen LogP contribution in [0.3, 0.4) is 0 Å². The minimum atomic E-state index is -0.532. The lowest BCUT2D eigenvalue weighted by molar-refractivity contribution is 0.0594. The Labute approximate surface area is 98.8 Å². The highest BCUT2D eigenvalue weighted by atomic mass is 35.5. The fourth-order valence-corrected chi connectivity index (χ4v) is 1.37. The van der Waals surface area contributed by atoms with Crippen LogP contribution in [0, 0.1) is 0 Å². The Kier molecular flexibility index (Phi) is 4.31. The van der Waals surface area contributed by atoms with Crippen LogP contribution in [0.25, 0.3) is 5.76 Å². The number of ether oxygens (including phenoxy) is 2. The topological polar surface area (TPSA) is 48.4 Å². The van der Waals surface area contributed by atoms with Crippen LogP contribution >= 0.6 is 11.6 Å². The van der Waals surface area contributed by atoms with Crippen LogP contribution in [0.15, 0.2) is 18.7 Å². The van der Waals surface area contributed by atoms with Gasteiger partial charge in [-0.25, -0.2) is 9.78 Å². The molecular weight excluding hydrogens is 230 g/mol. The molecule has 0 saturated carbocycles. The molecule has 1 heterocycles. The van der Waals surface area contributed by atoms with Crippen molar-refractivity contribution in [1.82, 2.24) is 4.98 Å². The lowest BCUT2D eigenvalue weighted by Gasteiger charge is -2.08. The highest BCUT2D eigenvalue weighted by Gasteiger charge is 2.12. The number of carbonyl (C=O) groups excluding carboxylic acids is 1. The van der Waals surface area contributed by atoms with Gasteiger partial charge in [0.05, 0.1) is 19.3 Å². The van der Waals surface area contributed by atoms with Crippen molar-refractivity contribution in [3.63, 3.8) is 0 Å². The van der Waals surface area contributed by atoms with E-state index in [0.29, 0.717) is 17.9 Å². The molecule has 0 aromatic carbocycles. The summed E-state index contributed by atoms with van der Waals surface area (Å²) in [4.78, 5) is 15.1. The smallest absolute Gasteiger partial charge is 0.356 e. The molecule has 0 aliphatic carbocycles. The first kappa shape index (κ1) is 12.5. The van der Waals surface area contributed by atoms with Gasteiger partial charge in [0.25, 0.3) is 0 Å². The third kappa shape index (κ3) is 2.73. The number of carbonyl (C=O) groups is 1. The standard InChI is InChI=1S/C11H12ClNO3/c1-4-16-7(2)8-5-6-9(11(14)15-3)13-10(8)12/h5-6H,2,4H2,1,3H3. The highest BCUT2D eigenvalue weighted by molar-refractivity contribution is 6.31. The molecule has 16 heavy (non-hydrogen) atoms. The second kappa shape index (κ2) is 5.51. The lowest BCUT2D eigenvalue weighted by atomic mass is 10.2. The number of halogens is 1. The average molecular weight is 242 g/mol. The van der Waals surface area contributed by atoms with Crippen molar-refractivity contribution in [2.75, 3.05) is 13.7 Å². The SMILES string of the molecule is C=C(OCC)c1ccc(C(=O)OC)nc1Cl. The minimum Gasteiger partial charge on any atom is -0.494 e. The van der Waals surface area contributed by atoms with Crippen molar-refractivity contribution in [2.45, 2.75) is 6.92 Å². The van der Waals surface area contributed by atoms with Gasteiger partial charge in [0.15, 0.2) is 0 Å². The van der Waals surface area contributed by atoms with E-state index in [-0.39, 0.29) is 10.8 Å². The molecular formula is C11H12ClNO3. The van der Waals surface area contributed by atoms with E-state index >= 15 is 0 Å². The third-order valence-electron chi connectivity index (χ3n) is 1.86. The zero-order valence-corrected chi connectivity index (χ0v) is 9.87. The predicted molar refractivity (Wildman–Crippen MR) is 61.2 cm³/mol. The van der Waals surface area contributed by atoms with E-state index in [0.717, 1.165) is 0 Å². The Morgan fingerprint density at radius 2 is 2.25 bits per heavy atom. The molecule has 1 aromatic rings. The Morgan fingerprint density at radius 1 is 1.56 bits per heavy atom. The van der Waals surface area contributed by atoms with E-state index in [1.807, 2.05) is 6.92 Å². The van der Waals surface area contributed by atoms with Crippen LogP contribution in [-0.4, -0.2) is 24.7 Å². The Hall–Kier alpha value is -1.55. The summed E-state index contributed by atoms with van der Waals surface area (Å²) in [7, 11) is 1.28. The molecule has 0 fully saturated rings. The Balaban J connectivity index is 3.00. The van der Waals surface area contributed by atoms with Gasteiger partial charge >= 0.3 is 5.97 Å². The first-order chi connectivity index (χ1) is 7.60. The van der Waals surface area contributed by atoms with Crippen molar-refractivity contribution >= 4 is 23.3 Å². The van der Waals surface area contributed by atoms with Crippen LogP contribution in [0.1, 0.15) is 23.0 Å². The summed E-state index contributed by atoms with van der Waals surface area (Å²) in [6.07, 6.45) is 0. The van der Waals surface area contributed by atoms with E-state index in [4.69, 9.17) is 16.3 Å². The summed E-state index contributed by atoms with van der Waals surface area (Å²) in [6.45, 7) is 6.04. The van der Waals surface area contributed by atoms with E-state index < -0.39 is 5.97 Å². The van der Waals surface area contributed by atoms with Gasteiger partial charge in [-0.05, 0) is 19.1 Å². The van der Waals surface area contributed by atoms with Crippen molar-refractivity contribution in [3.8, 4) is 0 Å². The monoisotopic (exact) mass is 241 g/mol. The van der Waals surface area contributed by atoms with Crippen molar-refractivity contribution in [3.05, 3.63) is 35.1 Å². The number of aromatic nitrogens is 1. The van der Waals surface area contributed by atoms with Crippen LogP contribution in [0.4, 0.5) is 0 Å². The van der Waals surface area contributed by atoms with Crippen LogP contribution in [0.2, 0.25) is 5.15 Å². The third-order valence-corrected chi connectivity index (χ3v) is 2.15. The second-order valence-corrected chi connectivity index (χ2v) is 3.24. The van der Waals surface area contributed by atoms with E-state index in [2.05, 4.69) is 16.3 Å². The number of rotatable bonds is 4. The maximum atomic E-state index is 11.2. The molecule has 0 aliphatic heterocycles. The zero-order chi connectivity index (χ0) is 12.1. The number of esters is 1. The van der Waals surface area contributed by atoms with Gasteiger partial charge in [0.1, 0.15) is 16.6 Å². The minimum absolute atomic E-state index is 0.153. The van der Waals surface area contributed by atoms with Gasteiger partial charge in [-0.15, -0.1) is 0 Å². The summed E-state index contributed by atoms with van der Waals surface area (Å²) < 4.78 is 9.73. The predicted octanol–water partition coefficient (Wildman–Crippen LogP) is 2.53. The van der Waals surface area contributed by atoms with Crippen LogP contribution in [-0.2, 0) is 9.47 Å². The number of hydrogen-bond acceptors (Lipinski definition) is 4. The summed E-state index contributed by atoms with van der Waals surface area (Å²) in [6, 6.07) is 3.14. The summed E-state index contributed by atoms with van der Waals surface area (Å²) in [5, 5.41) is 0.168. The normalized spacial score (nSPS) is 9.69. The first-order valence-corrected chi connectivity index (χ1v) is 5.04. The van der Waals surface area contributed by atoms with Gasteiger partial charge in [0.2, 0.25) is 0 Å². The number of methoxy groups -OCH3 is 1. The molecule has 0 atom stereocenters. The molecule has 5 heteroatoms. The van der Waals surface area contributed by atoms with E-state index in [1.54, 1.807) is 6.07 Å². The van der Waals surface area contributed by atoms with Crippen LogP contribution < -0.4 is 0 Å². The first-order valence-electron chi connectivity index (χ1n) is 4.67. The molecule has 1 aromatic heterocycles. The molecule has 0 N–H and O–H groups in total. The van der Waals surface area contributed by atoms with Gasteiger partial charge < -0.3 is 9.47 Å². The van der Waals surface area contributed by atoms with E-state index in [1.165, 1.54) is 13.2 Å². The van der Waals surface area contributed by atoms with Crippen molar-refractivity contribution in [2.24, 2.45) is 0 Å². The highest BCUT2D eigenvalue weighted by Crippen LogP contribution is 2.22. The molecule has 0 amide bonds. The van der Waals surface area contributed by atoms with Crippen LogP contribution in [0.5, 0.6) is 0 Å². The maximum absolute atomic E-state index is 11.2. The molecule has 0 spiro atoms. The number of nitrogens with zero attached hydrogens (tertiary/aromatic N) is 1. The molecule has 86 valence electrons. The molecule has 0 saturated heterocycles.